The zero-order valence-electron chi connectivity index (χ0n) is 11.8. The number of nitrogens with zero attached hydrogens (tertiary/aromatic N) is 1. The second-order valence-electron chi connectivity index (χ2n) is 5.13. The van der Waals surface area contributed by atoms with Crippen molar-refractivity contribution in [3.8, 4) is 0 Å². The van der Waals surface area contributed by atoms with Crippen LogP contribution in [0.3, 0.4) is 0 Å². The number of benzene rings is 1. The van der Waals surface area contributed by atoms with Gasteiger partial charge in [-0.15, -0.1) is 0 Å². The predicted octanol–water partition coefficient (Wildman–Crippen LogP) is 4.29. The lowest BCUT2D eigenvalue weighted by Gasteiger charge is -2.33. The highest BCUT2D eigenvalue weighted by Crippen LogP contribution is 2.32. The van der Waals surface area contributed by atoms with Gasteiger partial charge in [-0.2, -0.15) is 8.78 Å². The first-order chi connectivity index (χ1) is 9.69. The summed E-state index contributed by atoms with van der Waals surface area (Å²) in [5.74, 6) is -2.37. The van der Waals surface area contributed by atoms with Crippen molar-refractivity contribution in [2.75, 3.05) is 25.0 Å². The smallest absolute Gasteiger partial charge is 0.288 e. The molecule has 2 nitrogen and oxygen atoms in total. The van der Waals surface area contributed by atoms with E-state index in [-0.39, 0.29) is 0 Å². The van der Waals surface area contributed by atoms with Crippen LogP contribution in [-0.2, 0) is 0 Å². The molecule has 1 heterocycles. The fourth-order valence-electron chi connectivity index (χ4n) is 2.62. The summed E-state index contributed by atoms with van der Waals surface area (Å²) in [7, 11) is 0. The SMILES string of the molecule is CCCN1CCC(Nc2ccccc2SC(F)F)CC1. The molecule has 0 spiro atoms. The molecule has 5 heteroatoms. The molecule has 0 aliphatic carbocycles. The molecule has 0 saturated carbocycles. The van der Waals surface area contributed by atoms with Gasteiger partial charge in [0.1, 0.15) is 0 Å². The maximum atomic E-state index is 12.5. The molecule has 0 unspecified atom stereocenters. The van der Waals surface area contributed by atoms with Gasteiger partial charge in [0.2, 0.25) is 0 Å². The molecule has 0 bridgehead atoms. The Labute approximate surface area is 123 Å². The third-order valence-corrected chi connectivity index (χ3v) is 4.38. The Hall–Kier alpha value is -0.810. The summed E-state index contributed by atoms with van der Waals surface area (Å²) in [5, 5.41) is 3.44. The minimum atomic E-state index is -2.37. The number of hydrogen-bond acceptors (Lipinski definition) is 3. The average Bonchev–Trinajstić information content (AvgIpc) is 2.43. The number of para-hydroxylation sites is 1. The van der Waals surface area contributed by atoms with Crippen LogP contribution in [0.4, 0.5) is 14.5 Å². The van der Waals surface area contributed by atoms with E-state index in [2.05, 4.69) is 17.1 Å². The van der Waals surface area contributed by atoms with Crippen LogP contribution in [0.1, 0.15) is 26.2 Å². The molecule has 112 valence electrons. The van der Waals surface area contributed by atoms with Crippen molar-refractivity contribution in [3.63, 3.8) is 0 Å². The summed E-state index contributed by atoms with van der Waals surface area (Å²) in [4.78, 5) is 3.11. The normalized spacial score (nSPS) is 17.6. The number of piperidine rings is 1. The third-order valence-electron chi connectivity index (χ3n) is 3.59. The fraction of sp³-hybridized carbons (Fsp3) is 0.600. The lowest BCUT2D eigenvalue weighted by Crippen LogP contribution is -2.39. The second kappa shape index (κ2) is 7.84. The van der Waals surface area contributed by atoms with E-state index in [4.69, 9.17) is 0 Å². The Bertz CT molecular complexity index is 407. The summed E-state index contributed by atoms with van der Waals surface area (Å²) < 4.78 is 25.1. The zero-order valence-corrected chi connectivity index (χ0v) is 12.6. The van der Waals surface area contributed by atoms with E-state index in [0.29, 0.717) is 22.7 Å². The van der Waals surface area contributed by atoms with Gasteiger partial charge in [-0.25, -0.2) is 0 Å². The van der Waals surface area contributed by atoms with Crippen LogP contribution in [0.2, 0.25) is 0 Å². The number of alkyl halides is 2. The van der Waals surface area contributed by atoms with Gasteiger partial charge in [0.25, 0.3) is 5.76 Å². The predicted molar refractivity (Wildman–Crippen MR) is 81.7 cm³/mol. The van der Waals surface area contributed by atoms with Gasteiger partial charge in [0, 0.05) is 29.7 Å². The van der Waals surface area contributed by atoms with Crippen molar-refractivity contribution in [2.45, 2.75) is 42.9 Å². The lowest BCUT2D eigenvalue weighted by atomic mass is 10.0. The topological polar surface area (TPSA) is 15.3 Å². The summed E-state index contributed by atoms with van der Waals surface area (Å²) in [5.41, 5.74) is 0.840. The highest BCUT2D eigenvalue weighted by Gasteiger charge is 2.19. The quantitative estimate of drug-likeness (QED) is 0.789. The van der Waals surface area contributed by atoms with Gasteiger partial charge in [-0.05, 0) is 37.9 Å². The average molecular weight is 300 g/mol. The van der Waals surface area contributed by atoms with Gasteiger partial charge in [-0.3, -0.25) is 0 Å². The van der Waals surface area contributed by atoms with Crippen molar-refractivity contribution >= 4 is 17.4 Å². The van der Waals surface area contributed by atoms with Crippen molar-refractivity contribution in [1.29, 1.82) is 0 Å². The molecule has 0 amide bonds. The van der Waals surface area contributed by atoms with Crippen molar-refractivity contribution < 1.29 is 8.78 Å². The zero-order chi connectivity index (χ0) is 14.4. The Kier molecular flexibility index (Phi) is 6.10. The van der Waals surface area contributed by atoms with Crippen molar-refractivity contribution in [1.82, 2.24) is 4.90 Å². The monoisotopic (exact) mass is 300 g/mol. The van der Waals surface area contributed by atoms with Crippen molar-refractivity contribution in [2.24, 2.45) is 0 Å². The molecule has 0 aromatic heterocycles. The molecule has 1 aromatic carbocycles. The molecule has 0 atom stereocenters. The minimum absolute atomic E-state index is 0.391. The molecule has 2 rings (SSSR count). The van der Waals surface area contributed by atoms with Gasteiger partial charge >= 0.3 is 0 Å². The van der Waals surface area contributed by atoms with Crippen LogP contribution >= 0.6 is 11.8 Å². The fourth-order valence-corrected chi connectivity index (χ4v) is 3.22. The van der Waals surface area contributed by atoms with E-state index in [0.717, 1.165) is 38.2 Å². The van der Waals surface area contributed by atoms with Crippen LogP contribution in [0, 0.1) is 0 Å². The Balaban J connectivity index is 1.91. The molecule has 1 fully saturated rings. The second-order valence-corrected chi connectivity index (χ2v) is 6.17. The molecule has 0 radical (unpaired) electrons. The molecular formula is C15H22F2N2S. The molecule has 1 N–H and O–H groups in total. The number of likely N-dealkylation sites (tertiary alicyclic amines) is 1. The maximum absolute atomic E-state index is 12.5. The van der Waals surface area contributed by atoms with Crippen LogP contribution in [0.5, 0.6) is 0 Å². The largest absolute Gasteiger partial charge is 0.381 e. The molecule has 20 heavy (non-hydrogen) atoms. The first-order valence-electron chi connectivity index (χ1n) is 7.21. The molecular weight excluding hydrogens is 278 g/mol. The van der Waals surface area contributed by atoms with Crippen molar-refractivity contribution in [3.05, 3.63) is 24.3 Å². The number of rotatable bonds is 6. The van der Waals surface area contributed by atoms with E-state index < -0.39 is 5.76 Å². The van der Waals surface area contributed by atoms with Crippen LogP contribution < -0.4 is 5.32 Å². The maximum Gasteiger partial charge on any atom is 0.288 e. The summed E-state index contributed by atoms with van der Waals surface area (Å²) in [6.45, 7) is 5.54. The standard InChI is InChI=1S/C15H22F2N2S/c1-2-9-19-10-7-12(8-11-19)18-13-5-3-4-6-14(13)20-15(16)17/h3-6,12,15,18H,2,7-11H2,1H3. The molecule has 1 saturated heterocycles. The van der Waals surface area contributed by atoms with E-state index in [1.165, 1.54) is 6.42 Å². The third kappa shape index (κ3) is 4.63. The van der Waals surface area contributed by atoms with Crippen LogP contribution in [-0.4, -0.2) is 36.3 Å². The molecule has 1 aliphatic rings. The Morgan fingerprint density at radius 3 is 2.65 bits per heavy atom. The number of anilines is 1. The first-order valence-corrected chi connectivity index (χ1v) is 8.09. The van der Waals surface area contributed by atoms with E-state index in [1.54, 1.807) is 12.1 Å². The van der Waals surface area contributed by atoms with Gasteiger partial charge in [-0.1, -0.05) is 30.8 Å². The lowest BCUT2D eigenvalue weighted by molar-refractivity contribution is 0.219. The van der Waals surface area contributed by atoms with Gasteiger partial charge < -0.3 is 10.2 Å². The Morgan fingerprint density at radius 1 is 1.30 bits per heavy atom. The highest BCUT2D eigenvalue weighted by molar-refractivity contribution is 7.99. The van der Waals surface area contributed by atoms with Crippen LogP contribution in [0.15, 0.2) is 29.2 Å². The number of nitrogens with one attached hydrogen (secondary N) is 1. The number of hydrogen-bond donors (Lipinski definition) is 1. The van der Waals surface area contributed by atoms with E-state index >= 15 is 0 Å². The van der Waals surface area contributed by atoms with Gasteiger partial charge in [0.05, 0.1) is 0 Å². The first kappa shape index (κ1) is 15.6. The van der Waals surface area contributed by atoms with E-state index in [1.807, 2.05) is 12.1 Å². The Morgan fingerprint density at radius 2 is 2.00 bits per heavy atom. The minimum Gasteiger partial charge on any atom is -0.381 e. The summed E-state index contributed by atoms with van der Waals surface area (Å²) >= 11 is 0.616. The number of halogens is 2. The number of thioether (sulfide) groups is 1. The van der Waals surface area contributed by atoms with E-state index in [9.17, 15) is 8.78 Å². The van der Waals surface area contributed by atoms with Crippen LogP contribution in [0.25, 0.3) is 0 Å². The molecule has 1 aromatic rings. The van der Waals surface area contributed by atoms with Gasteiger partial charge in [0.15, 0.2) is 0 Å². The summed E-state index contributed by atoms with van der Waals surface area (Å²) in [6, 6.07) is 7.74. The summed E-state index contributed by atoms with van der Waals surface area (Å²) in [6.07, 6.45) is 3.34. The molecule has 1 aliphatic heterocycles. The highest BCUT2D eigenvalue weighted by atomic mass is 32.2.